The minimum absolute atomic E-state index is 0.464. The van der Waals surface area contributed by atoms with Gasteiger partial charge in [0, 0.05) is 10.7 Å². The second-order valence-electron chi connectivity index (χ2n) is 7.84. The zero-order valence-corrected chi connectivity index (χ0v) is 19.5. The molecule has 0 bridgehead atoms. The molecule has 2 amide bonds. The third-order valence-corrected chi connectivity index (χ3v) is 6.02. The molecule has 4 aromatic rings. The van der Waals surface area contributed by atoms with E-state index in [-0.39, 0.29) is 0 Å². The second kappa shape index (κ2) is 9.08. The minimum atomic E-state index is -0.613. The summed E-state index contributed by atoms with van der Waals surface area (Å²) in [6.45, 7) is 0. The summed E-state index contributed by atoms with van der Waals surface area (Å²) >= 11 is 5.99. The number of benzene rings is 3. The van der Waals surface area contributed by atoms with Gasteiger partial charge in [-0.3, -0.25) is 4.90 Å². The number of hydrogen-bond donors (Lipinski definition) is 2. The number of carbonyl (C=O) groups is 1. The van der Waals surface area contributed by atoms with Crippen LogP contribution in [0.1, 0.15) is 11.7 Å². The van der Waals surface area contributed by atoms with Gasteiger partial charge in [-0.25, -0.2) is 9.79 Å². The van der Waals surface area contributed by atoms with Crippen LogP contribution in [-0.4, -0.2) is 13.1 Å². The van der Waals surface area contributed by atoms with Crippen molar-refractivity contribution in [3.8, 4) is 5.75 Å². The summed E-state index contributed by atoms with van der Waals surface area (Å²) in [5, 5.41) is 1.27. The number of primary amides is 1. The number of urea groups is 1. The van der Waals surface area contributed by atoms with Gasteiger partial charge in [-0.2, -0.15) is 0 Å². The van der Waals surface area contributed by atoms with Crippen LogP contribution in [0.15, 0.2) is 94.5 Å². The fraction of sp³-hybridized carbons (Fsp3) is 0.0769. The number of nitrogens with zero attached hydrogens (tertiary/aromatic N) is 3. The Bertz CT molecular complexity index is 1480. The van der Waals surface area contributed by atoms with E-state index in [0.29, 0.717) is 33.0 Å². The summed E-state index contributed by atoms with van der Waals surface area (Å²) in [7, 11) is 1.62. The average molecular weight is 488 g/mol. The highest BCUT2D eigenvalue weighted by Gasteiger charge is 2.27. The van der Waals surface area contributed by atoms with Crippen LogP contribution in [0.5, 0.6) is 5.75 Å². The van der Waals surface area contributed by atoms with Gasteiger partial charge in [0.15, 0.2) is 6.17 Å². The van der Waals surface area contributed by atoms with E-state index < -0.39 is 12.2 Å². The molecule has 5 rings (SSSR count). The number of hydrogen-bond acceptors (Lipinski definition) is 6. The molecule has 0 fully saturated rings. The van der Waals surface area contributed by atoms with Crippen molar-refractivity contribution in [3.63, 3.8) is 0 Å². The predicted octanol–water partition coefficient (Wildman–Crippen LogP) is 4.02. The standard InChI is InChI=1S/C26H22ClN5O3/c1-34-21-12-2-16(3-13-21)24-30-25-22(14-15-35-25)23(28)32(24)20-10-8-19(9-11-20)31(26(29)33)18-6-4-17(27)5-7-18/h2-15,24H,28H2,1H3,(H2,29,33). The summed E-state index contributed by atoms with van der Waals surface area (Å²) in [4.78, 5) is 20.4. The molecule has 4 N–H and O–H groups in total. The molecule has 176 valence electrons. The van der Waals surface area contributed by atoms with E-state index >= 15 is 0 Å². The fourth-order valence-corrected chi connectivity index (χ4v) is 4.19. The molecule has 1 aliphatic rings. The molecule has 2 heterocycles. The van der Waals surface area contributed by atoms with Gasteiger partial charge in [0.25, 0.3) is 0 Å². The van der Waals surface area contributed by atoms with Crippen molar-refractivity contribution in [2.24, 2.45) is 16.5 Å². The highest BCUT2D eigenvalue weighted by Crippen LogP contribution is 2.35. The van der Waals surface area contributed by atoms with Crippen molar-refractivity contribution in [1.29, 1.82) is 0 Å². The molecule has 9 heteroatoms. The molecular weight excluding hydrogens is 466 g/mol. The van der Waals surface area contributed by atoms with Crippen molar-refractivity contribution in [1.82, 2.24) is 0 Å². The lowest BCUT2D eigenvalue weighted by Gasteiger charge is -2.33. The SMILES string of the molecule is COc1ccc(C2N=c3occc3=C(N)N2c2ccc(N(C(N)=O)c3ccc(Cl)cc3)cc2)cc1. The Morgan fingerprint density at radius 1 is 1.00 bits per heavy atom. The predicted molar refractivity (Wildman–Crippen MR) is 135 cm³/mol. The molecule has 0 spiro atoms. The Morgan fingerprint density at radius 3 is 2.23 bits per heavy atom. The maximum absolute atomic E-state index is 12.3. The first-order valence-corrected chi connectivity index (χ1v) is 11.1. The van der Waals surface area contributed by atoms with Crippen molar-refractivity contribution < 1.29 is 13.9 Å². The van der Waals surface area contributed by atoms with E-state index in [1.165, 1.54) is 4.90 Å². The number of rotatable bonds is 5. The molecule has 0 radical (unpaired) electrons. The van der Waals surface area contributed by atoms with E-state index in [1.807, 2.05) is 41.3 Å². The van der Waals surface area contributed by atoms with Crippen LogP contribution in [0, 0.1) is 0 Å². The molecule has 8 nitrogen and oxygen atoms in total. The topological polar surface area (TPSA) is 110 Å². The third-order valence-electron chi connectivity index (χ3n) is 5.77. The summed E-state index contributed by atoms with van der Waals surface area (Å²) in [6.07, 6.45) is 1.10. The number of nitrogens with two attached hydrogens (primary N) is 2. The number of amides is 2. The molecule has 3 aromatic carbocycles. The monoisotopic (exact) mass is 487 g/mol. The summed E-state index contributed by atoms with van der Waals surface area (Å²) in [6, 6.07) is 23.0. The molecule has 0 saturated carbocycles. The van der Waals surface area contributed by atoms with E-state index in [2.05, 4.69) is 0 Å². The Balaban J connectivity index is 1.56. The van der Waals surface area contributed by atoms with E-state index in [9.17, 15) is 4.79 Å². The summed E-state index contributed by atoms with van der Waals surface area (Å²) < 4.78 is 10.8. The van der Waals surface area contributed by atoms with Crippen LogP contribution in [-0.2, 0) is 0 Å². The minimum Gasteiger partial charge on any atom is -0.497 e. The molecule has 0 saturated heterocycles. The largest absolute Gasteiger partial charge is 0.497 e. The second-order valence-corrected chi connectivity index (χ2v) is 8.27. The summed E-state index contributed by atoms with van der Waals surface area (Å²) in [5.41, 5.74) is 15.6. The Morgan fingerprint density at radius 2 is 1.63 bits per heavy atom. The van der Waals surface area contributed by atoms with Crippen LogP contribution < -0.4 is 36.8 Å². The Kier molecular flexibility index (Phi) is 5.80. The van der Waals surface area contributed by atoms with Gasteiger partial charge < -0.3 is 25.5 Å². The summed E-state index contributed by atoms with van der Waals surface area (Å²) in [5.74, 6) is 1.24. The number of carbonyl (C=O) groups excluding carboxylic acids is 1. The lowest BCUT2D eigenvalue weighted by atomic mass is 10.1. The van der Waals surface area contributed by atoms with Gasteiger partial charge >= 0.3 is 6.03 Å². The molecule has 1 atom stereocenters. The maximum Gasteiger partial charge on any atom is 0.323 e. The highest BCUT2D eigenvalue weighted by atomic mass is 35.5. The van der Waals surface area contributed by atoms with Crippen LogP contribution in [0.4, 0.5) is 21.9 Å². The first-order chi connectivity index (χ1) is 17.0. The number of halogens is 1. The van der Waals surface area contributed by atoms with Gasteiger partial charge in [0.2, 0.25) is 5.55 Å². The molecule has 1 unspecified atom stereocenters. The van der Waals surface area contributed by atoms with Crippen molar-refractivity contribution in [2.45, 2.75) is 6.17 Å². The maximum atomic E-state index is 12.3. The number of anilines is 3. The van der Waals surface area contributed by atoms with E-state index in [1.54, 1.807) is 55.8 Å². The quantitative estimate of drug-likeness (QED) is 0.441. The van der Waals surface area contributed by atoms with Gasteiger partial charge in [-0.1, -0.05) is 23.7 Å². The molecule has 0 aliphatic carbocycles. The van der Waals surface area contributed by atoms with Gasteiger partial charge in [0.05, 0.1) is 30.0 Å². The fourth-order valence-electron chi connectivity index (χ4n) is 4.06. The van der Waals surface area contributed by atoms with E-state index in [4.69, 9.17) is 37.2 Å². The highest BCUT2D eigenvalue weighted by molar-refractivity contribution is 6.30. The Hall–Kier alpha value is -4.43. The molecular formula is C26H22ClN5O3. The van der Waals surface area contributed by atoms with Gasteiger partial charge in [-0.05, 0) is 72.3 Å². The smallest absolute Gasteiger partial charge is 0.323 e. The van der Waals surface area contributed by atoms with Crippen LogP contribution >= 0.6 is 11.6 Å². The van der Waals surface area contributed by atoms with Crippen molar-refractivity contribution in [2.75, 3.05) is 16.9 Å². The normalized spacial score (nSPS) is 14.7. The average Bonchev–Trinajstić information content (AvgIpc) is 3.35. The van der Waals surface area contributed by atoms with Gasteiger partial charge in [0.1, 0.15) is 11.6 Å². The van der Waals surface area contributed by atoms with Crippen LogP contribution in [0.2, 0.25) is 5.02 Å². The number of fused-ring (bicyclic) bond motifs is 1. The van der Waals surface area contributed by atoms with Crippen molar-refractivity contribution in [3.05, 3.63) is 106 Å². The zero-order valence-electron chi connectivity index (χ0n) is 18.8. The Labute approximate surface area is 206 Å². The van der Waals surface area contributed by atoms with E-state index in [0.717, 1.165) is 17.0 Å². The number of furan rings is 1. The molecule has 1 aromatic heterocycles. The molecule has 1 aliphatic heterocycles. The number of ether oxygens (including phenoxy) is 1. The third kappa shape index (κ3) is 4.15. The van der Waals surface area contributed by atoms with Gasteiger partial charge in [-0.15, -0.1) is 0 Å². The lowest BCUT2D eigenvalue weighted by Crippen LogP contribution is -2.43. The zero-order chi connectivity index (χ0) is 24.5. The van der Waals surface area contributed by atoms with Crippen LogP contribution in [0.3, 0.4) is 0 Å². The van der Waals surface area contributed by atoms with Crippen molar-refractivity contribution >= 4 is 40.5 Å². The first-order valence-electron chi connectivity index (χ1n) is 10.8. The lowest BCUT2D eigenvalue weighted by molar-refractivity contribution is 0.256. The first kappa shape index (κ1) is 22.4. The molecule has 35 heavy (non-hydrogen) atoms. The van der Waals surface area contributed by atoms with Crippen LogP contribution in [0.25, 0.3) is 5.82 Å². The number of methoxy groups -OCH3 is 1.